The molecule has 6 heterocycles. The molecule has 12 heteroatoms. The summed E-state index contributed by atoms with van der Waals surface area (Å²) in [5.74, 6) is 1.23. The lowest BCUT2D eigenvalue weighted by atomic mass is 9.99. The number of aliphatic hydroxyl groups is 1. The SMILES string of the molecule is CN1CCC[C@H]1COc1nc2c(c(N3CCN(C(O)[C@@H]4O[C@@H]4C4COC4)[C@@H](CC#N)C3)n1)CCN(c1cccc3cccc(Cl)c13)C2. The van der Waals surface area contributed by atoms with Crippen LogP contribution in [0.15, 0.2) is 36.4 Å². The summed E-state index contributed by atoms with van der Waals surface area (Å²) in [7, 11) is 2.14. The number of halogens is 1. The van der Waals surface area contributed by atoms with Gasteiger partial charge in [-0.25, -0.2) is 0 Å². The number of ether oxygens (including phenoxy) is 3. The van der Waals surface area contributed by atoms with E-state index in [1.807, 2.05) is 12.1 Å². The summed E-state index contributed by atoms with van der Waals surface area (Å²) in [4.78, 5) is 19.1. The number of fused-ring (bicyclic) bond motifs is 2. The van der Waals surface area contributed by atoms with E-state index in [-0.39, 0.29) is 18.2 Å². The predicted octanol–water partition coefficient (Wildman–Crippen LogP) is 3.46. The van der Waals surface area contributed by atoms with Gasteiger partial charge in [-0.2, -0.15) is 15.2 Å². The number of aromatic nitrogens is 2. The number of likely N-dealkylation sites (tertiary alicyclic amines) is 1. The molecule has 2 aromatic carbocycles. The third-order valence-electron chi connectivity index (χ3n) is 10.7. The van der Waals surface area contributed by atoms with Crippen molar-refractivity contribution in [3.05, 3.63) is 52.7 Å². The highest BCUT2D eigenvalue weighted by atomic mass is 35.5. The Bertz CT molecular complexity index is 1660. The minimum atomic E-state index is -0.746. The molecule has 11 nitrogen and oxygen atoms in total. The number of epoxide rings is 1. The van der Waals surface area contributed by atoms with E-state index in [0.29, 0.717) is 70.4 Å². The van der Waals surface area contributed by atoms with Gasteiger partial charge in [-0.15, -0.1) is 0 Å². The van der Waals surface area contributed by atoms with E-state index < -0.39 is 6.23 Å². The third-order valence-corrected chi connectivity index (χ3v) is 11.1. The van der Waals surface area contributed by atoms with Crippen LogP contribution in [0, 0.1) is 17.2 Å². The van der Waals surface area contributed by atoms with Crippen molar-refractivity contribution in [2.75, 3.05) is 69.4 Å². The van der Waals surface area contributed by atoms with Gasteiger partial charge < -0.3 is 34.0 Å². The molecule has 0 spiro atoms. The van der Waals surface area contributed by atoms with Gasteiger partial charge in [0.05, 0.1) is 49.1 Å². The van der Waals surface area contributed by atoms with Gasteiger partial charge in [0.25, 0.3) is 0 Å². The van der Waals surface area contributed by atoms with Crippen LogP contribution in [0.25, 0.3) is 10.8 Å². The molecule has 0 amide bonds. The highest BCUT2D eigenvalue weighted by molar-refractivity contribution is 6.36. The number of aliphatic hydroxyl groups excluding tert-OH is 1. The van der Waals surface area contributed by atoms with Crippen molar-refractivity contribution in [2.45, 2.75) is 62.7 Å². The molecule has 248 valence electrons. The van der Waals surface area contributed by atoms with Gasteiger partial charge in [0, 0.05) is 60.8 Å². The molecular weight excluding hydrogens is 618 g/mol. The summed E-state index contributed by atoms with van der Waals surface area (Å²) in [6.45, 7) is 6.25. The van der Waals surface area contributed by atoms with Crippen LogP contribution in [0.3, 0.4) is 0 Å². The zero-order chi connectivity index (χ0) is 32.1. The molecule has 0 saturated carbocycles. The number of likely N-dealkylation sites (N-methyl/N-ethyl adjacent to an activating group) is 1. The van der Waals surface area contributed by atoms with Crippen molar-refractivity contribution in [1.82, 2.24) is 19.8 Å². The standard InChI is InChI=1S/C35H42ClN7O4/c1-40-13-4-7-25(40)21-46-35-38-28-18-41(29-9-3-6-22-5-2-8-27(36)30(22)29)14-11-26(28)33(39-35)42-15-16-43(24(17-42)10-12-37)34(44)32-31(47-32)23-19-45-20-23/h2-3,5-6,8-9,23-25,31-32,34,44H,4,7,10-11,13-21H2,1H3/t24-,25-,31+,32+,34?/m0/s1. The van der Waals surface area contributed by atoms with Crippen molar-refractivity contribution in [3.8, 4) is 12.1 Å². The number of nitrogens with zero attached hydrogens (tertiary/aromatic N) is 7. The number of nitriles is 1. The van der Waals surface area contributed by atoms with Crippen LogP contribution in [0.4, 0.5) is 11.5 Å². The fourth-order valence-corrected chi connectivity index (χ4v) is 8.18. The van der Waals surface area contributed by atoms with Crippen LogP contribution in [0.5, 0.6) is 6.01 Å². The predicted molar refractivity (Wildman–Crippen MR) is 179 cm³/mol. The Morgan fingerprint density at radius 1 is 1.09 bits per heavy atom. The Labute approximate surface area is 280 Å². The van der Waals surface area contributed by atoms with Crippen LogP contribution < -0.4 is 14.5 Å². The summed E-state index contributed by atoms with van der Waals surface area (Å²) in [5, 5.41) is 24.0. The average Bonchev–Trinajstić information content (AvgIpc) is 3.72. The van der Waals surface area contributed by atoms with Crippen LogP contribution in [0.2, 0.25) is 5.02 Å². The third kappa shape index (κ3) is 6.01. The molecule has 0 aliphatic carbocycles. The second-order valence-corrected chi connectivity index (χ2v) is 14.0. The summed E-state index contributed by atoms with van der Waals surface area (Å²) < 4.78 is 17.6. The van der Waals surface area contributed by atoms with Gasteiger partial charge >= 0.3 is 6.01 Å². The molecule has 47 heavy (non-hydrogen) atoms. The van der Waals surface area contributed by atoms with Crippen LogP contribution in [0.1, 0.15) is 30.5 Å². The smallest absolute Gasteiger partial charge is 0.318 e. The highest BCUT2D eigenvalue weighted by Gasteiger charge is 2.54. The molecule has 5 aliphatic rings. The Morgan fingerprint density at radius 3 is 2.70 bits per heavy atom. The Hall–Kier alpha value is -3.24. The molecule has 0 radical (unpaired) electrons. The van der Waals surface area contributed by atoms with Crippen molar-refractivity contribution in [1.29, 1.82) is 5.26 Å². The Kier molecular flexibility index (Phi) is 8.58. The van der Waals surface area contributed by atoms with Crippen molar-refractivity contribution < 1.29 is 19.3 Å². The normalized spacial score (nSPS) is 27.4. The van der Waals surface area contributed by atoms with Crippen LogP contribution >= 0.6 is 11.6 Å². The van der Waals surface area contributed by atoms with Gasteiger partial charge in [0.2, 0.25) is 0 Å². The van der Waals surface area contributed by atoms with Crippen LogP contribution in [-0.4, -0.2) is 115 Å². The minimum Gasteiger partial charge on any atom is -0.462 e. The van der Waals surface area contributed by atoms with Gasteiger partial charge in [-0.1, -0.05) is 35.9 Å². The maximum atomic E-state index is 11.3. The second kappa shape index (κ2) is 13.0. The lowest BCUT2D eigenvalue weighted by molar-refractivity contribution is -0.0505. The lowest BCUT2D eigenvalue weighted by Crippen LogP contribution is -2.58. The summed E-state index contributed by atoms with van der Waals surface area (Å²) >= 11 is 6.74. The first-order valence-electron chi connectivity index (χ1n) is 16.9. The number of piperazine rings is 1. The molecular formula is C35H42ClN7O4. The first-order valence-corrected chi connectivity index (χ1v) is 17.3. The van der Waals surface area contributed by atoms with Gasteiger partial charge in [-0.05, 0) is 50.4 Å². The molecule has 5 atom stereocenters. The lowest BCUT2D eigenvalue weighted by Gasteiger charge is -2.44. The first kappa shape index (κ1) is 31.1. The van der Waals surface area contributed by atoms with E-state index in [1.54, 1.807) is 0 Å². The zero-order valence-electron chi connectivity index (χ0n) is 26.8. The van der Waals surface area contributed by atoms with Gasteiger partial charge in [-0.3, -0.25) is 4.90 Å². The Balaban J connectivity index is 1.07. The highest BCUT2D eigenvalue weighted by Crippen LogP contribution is 2.40. The van der Waals surface area contributed by atoms with E-state index in [4.69, 9.17) is 35.8 Å². The first-order chi connectivity index (χ1) is 23.0. The number of benzene rings is 2. The molecule has 8 rings (SSSR count). The van der Waals surface area contributed by atoms with E-state index in [0.717, 1.165) is 64.5 Å². The largest absolute Gasteiger partial charge is 0.462 e. The van der Waals surface area contributed by atoms with E-state index in [2.05, 4.69) is 57.0 Å². The van der Waals surface area contributed by atoms with Crippen molar-refractivity contribution >= 4 is 33.9 Å². The van der Waals surface area contributed by atoms with Gasteiger partial charge in [0.1, 0.15) is 24.8 Å². The number of rotatable bonds is 9. The summed E-state index contributed by atoms with van der Waals surface area (Å²) in [6.07, 6.45) is 2.40. The number of hydrogen-bond acceptors (Lipinski definition) is 11. The van der Waals surface area contributed by atoms with E-state index >= 15 is 0 Å². The van der Waals surface area contributed by atoms with E-state index in [9.17, 15) is 10.4 Å². The number of anilines is 2. The molecule has 5 aliphatic heterocycles. The molecule has 4 saturated heterocycles. The fourth-order valence-electron chi connectivity index (χ4n) is 7.91. The van der Waals surface area contributed by atoms with E-state index in [1.165, 1.54) is 6.42 Å². The molecule has 1 aromatic heterocycles. The van der Waals surface area contributed by atoms with Crippen LogP contribution in [-0.2, 0) is 22.4 Å². The molecule has 1 unspecified atom stereocenters. The molecule has 3 aromatic rings. The molecule has 1 N–H and O–H groups in total. The van der Waals surface area contributed by atoms with Gasteiger partial charge in [0.15, 0.2) is 0 Å². The Morgan fingerprint density at radius 2 is 1.94 bits per heavy atom. The second-order valence-electron chi connectivity index (χ2n) is 13.6. The van der Waals surface area contributed by atoms with Crippen molar-refractivity contribution in [2.24, 2.45) is 5.92 Å². The quantitative estimate of drug-likeness (QED) is 0.341. The maximum absolute atomic E-state index is 11.3. The monoisotopic (exact) mass is 659 g/mol. The summed E-state index contributed by atoms with van der Waals surface area (Å²) in [5.41, 5.74) is 3.18. The zero-order valence-corrected chi connectivity index (χ0v) is 27.6. The summed E-state index contributed by atoms with van der Waals surface area (Å²) in [6, 6.07) is 15.3. The molecule has 0 bridgehead atoms. The van der Waals surface area contributed by atoms with Crippen molar-refractivity contribution in [3.63, 3.8) is 0 Å². The fraction of sp³-hybridized carbons (Fsp3) is 0.571. The number of hydrogen-bond donors (Lipinski definition) is 1. The minimum absolute atomic E-state index is 0.0339. The average molecular weight is 660 g/mol. The molecule has 4 fully saturated rings. The maximum Gasteiger partial charge on any atom is 0.318 e. The topological polar surface area (TPSA) is 114 Å².